The molecule has 0 bridgehead atoms. The third kappa shape index (κ3) is 4.42. The lowest BCUT2D eigenvalue weighted by Gasteiger charge is -2.05. The van der Waals surface area contributed by atoms with Gasteiger partial charge >= 0.3 is 5.69 Å². The Kier molecular flexibility index (Phi) is 5.69. The molecule has 0 saturated carbocycles. The first-order valence-electron chi connectivity index (χ1n) is 6.88. The lowest BCUT2D eigenvalue weighted by molar-refractivity contribution is -0.120. The number of hydrogen-bond acceptors (Lipinski definition) is 5. The van der Waals surface area contributed by atoms with Gasteiger partial charge in [0.1, 0.15) is 5.75 Å². The summed E-state index contributed by atoms with van der Waals surface area (Å²) < 4.78 is 6.03. The number of methoxy groups -OCH3 is 1. The van der Waals surface area contributed by atoms with Crippen molar-refractivity contribution < 1.29 is 9.53 Å². The van der Waals surface area contributed by atoms with Crippen LogP contribution < -0.4 is 21.4 Å². The number of rotatable bonds is 5. The van der Waals surface area contributed by atoms with Crippen molar-refractivity contribution in [2.75, 3.05) is 7.11 Å². The number of aryl methyl sites for hydroxylation is 1. The fourth-order valence-electron chi connectivity index (χ4n) is 2.02. The maximum atomic E-state index is 11.9. The number of hydrazone groups is 1. The number of H-pyrrole nitrogens is 2. The molecule has 0 radical (unpaired) electrons. The predicted molar refractivity (Wildman–Crippen MR) is 92.6 cm³/mol. The van der Waals surface area contributed by atoms with E-state index in [1.165, 1.54) is 13.3 Å². The lowest BCUT2D eigenvalue weighted by atomic mass is 10.1. The highest BCUT2D eigenvalue weighted by molar-refractivity contribution is 9.10. The predicted octanol–water partition coefficient (Wildman–Crippen LogP) is 0.836. The minimum absolute atomic E-state index is 0.183. The van der Waals surface area contributed by atoms with Crippen molar-refractivity contribution >= 4 is 28.1 Å². The summed E-state index contributed by atoms with van der Waals surface area (Å²) in [5, 5.41) is 3.85. The first-order chi connectivity index (χ1) is 11.4. The minimum Gasteiger partial charge on any atom is -0.496 e. The minimum atomic E-state index is -0.610. The number of hydrogen-bond donors (Lipinski definition) is 3. The summed E-state index contributed by atoms with van der Waals surface area (Å²) in [5.41, 5.74) is 2.33. The van der Waals surface area contributed by atoms with Gasteiger partial charge in [0.2, 0.25) is 5.91 Å². The third-order valence-corrected chi connectivity index (χ3v) is 3.67. The smallest absolute Gasteiger partial charge is 0.325 e. The highest BCUT2D eigenvalue weighted by atomic mass is 79.9. The quantitative estimate of drug-likeness (QED) is 0.514. The highest BCUT2D eigenvalue weighted by Crippen LogP contribution is 2.21. The zero-order chi connectivity index (χ0) is 17.7. The summed E-state index contributed by atoms with van der Waals surface area (Å²) in [6.45, 7) is 1.55. The maximum absolute atomic E-state index is 11.9. The number of carbonyl (C=O) groups is 1. The van der Waals surface area contributed by atoms with Gasteiger partial charge in [-0.25, -0.2) is 10.2 Å². The molecule has 1 amide bonds. The van der Waals surface area contributed by atoms with Crippen LogP contribution in [-0.2, 0) is 11.2 Å². The second kappa shape index (κ2) is 7.73. The number of ether oxygens (including phenoxy) is 1. The van der Waals surface area contributed by atoms with Crippen molar-refractivity contribution in [3.8, 4) is 5.75 Å². The largest absolute Gasteiger partial charge is 0.496 e. The Labute approximate surface area is 145 Å². The molecular formula is C15H15BrN4O4. The number of nitrogens with zero attached hydrogens (tertiary/aromatic N) is 1. The average molecular weight is 395 g/mol. The molecule has 0 aliphatic carbocycles. The molecule has 126 valence electrons. The van der Waals surface area contributed by atoms with Gasteiger partial charge in [-0.15, -0.1) is 0 Å². The number of aromatic amines is 2. The van der Waals surface area contributed by atoms with Crippen LogP contribution in [0, 0.1) is 6.92 Å². The summed E-state index contributed by atoms with van der Waals surface area (Å²) in [6.07, 6.45) is 1.23. The second-order valence-corrected chi connectivity index (χ2v) is 5.78. The molecule has 1 aromatic carbocycles. The van der Waals surface area contributed by atoms with Crippen molar-refractivity contribution in [2.24, 2.45) is 5.10 Å². The van der Waals surface area contributed by atoms with E-state index in [1.54, 1.807) is 19.1 Å². The second-order valence-electron chi connectivity index (χ2n) is 4.87. The molecular weight excluding hydrogens is 380 g/mol. The first-order valence-corrected chi connectivity index (χ1v) is 7.67. The van der Waals surface area contributed by atoms with E-state index in [0.717, 1.165) is 4.47 Å². The number of nitrogens with one attached hydrogen (secondary N) is 3. The van der Waals surface area contributed by atoms with E-state index < -0.39 is 17.2 Å². The van der Waals surface area contributed by atoms with Gasteiger partial charge in [-0.3, -0.25) is 14.6 Å². The van der Waals surface area contributed by atoms with Gasteiger partial charge in [0.25, 0.3) is 5.56 Å². The summed E-state index contributed by atoms with van der Waals surface area (Å²) >= 11 is 3.34. The molecule has 0 aliphatic rings. The number of benzene rings is 1. The van der Waals surface area contributed by atoms with Crippen molar-refractivity contribution in [2.45, 2.75) is 13.3 Å². The molecule has 8 nitrogen and oxygen atoms in total. The zero-order valence-corrected chi connectivity index (χ0v) is 14.6. The van der Waals surface area contributed by atoms with Crippen LogP contribution in [0.25, 0.3) is 0 Å². The Bertz CT molecular complexity index is 901. The number of halogens is 1. The van der Waals surface area contributed by atoms with Crippen molar-refractivity contribution in [1.82, 2.24) is 15.4 Å². The summed E-state index contributed by atoms with van der Waals surface area (Å²) in [4.78, 5) is 39.2. The van der Waals surface area contributed by atoms with E-state index in [0.29, 0.717) is 17.0 Å². The molecule has 0 fully saturated rings. The van der Waals surface area contributed by atoms with Gasteiger partial charge in [0.05, 0.1) is 19.7 Å². The summed E-state index contributed by atoms with van der Waals surface area (Å²) in [6, 6.07) is 5.36. The van der Waals surface area contributed by atoms with Gasteiger partial charge in [-0.2, -0.15) is 5.10 Å². The van der Waals surface area contributed by atoms with Gasteiger partial charge in [-0.05, 0) is 25.1 Å². The van der Waals surface area contributed by atoms with E-state index in [2.05, 4.69) is 36.4 Å². The fourth-order valence-corrected chi connectivity index (χ4v) is 2.40. The summed E-state index contributed by atoms with van der Waals surface area (Å²) in [7, 11) is 1.53. The summed E-state index contributed by atoms with van der Waals surface area (Å²) in [5.74, 6) is 0.116. The normalized spacial score (nSPS) is 10.8. The molecule has 1 aromatic heterocycles. The van der Waals surface area contributed by atoms with Gasteiger partial charge in [0.15, 0.2) is 0 Å². The van der Waals surface area contributed by atoms with E-state index in [1.807, 2.05) is 6.07 Å². The Morgan fingerprint density at radius 3 is 2.79 bits per heavy atom. The van der Waals surface area contributed by atoms with Crippen LogP contribution in [0.5, 0.6) is 5.75 Å². The molecule has 2 aromatic rings. The van der Waals surface area contributed by atoms with Crippen molar-refractivity contribution in [3.63, 3.8) is 0 Å². The molecule has 0 spiro atoms. The van der Waals surface area contributed by atoms with Crippen LogP contribution in [0.1, 0.15) is 16.8 Å². The zero-order valence-electron chi connectivity index (χ0n) is 13.0. The Morgan fingerprint density at radius 1 is 1.38 bits per heavy atom. The fraction of sp³-hybridized carbons (Fsp3) is 0.200. The lowest BCUT2D eigenvalue weighted by Crippen LogP contribution is -2.30. The Balaban J connectivity index is 2.08. The number of aromatic nitrogens is 2. The average Bonchev–Trinajstić information content (AvgIpc) is 2.51. The monoisotopic (exact) mass is 394 g/mol. The topological polar surface area (TPSA) is 116 Å². The van der Waals surface area contributed by atoms with Crippen molar-refractivity contribution in [1.29, 1.82) is 0 Å². The molecule has 3 N–H and O–H groups in total. The van der Waals surface area contributed by atoms with Crippen LogP contribution in [0.4, 0.5) is 0 Å². The van der Waals surface area contributed by atoms with E-state index >= 15 is 0 Å². The van der Waals surface area contributed by atoms with Crippen LogP contribution >= 0.6 is 15.9 Å². The van der Waals surface area contributed by atoms with E-state index in [4.69, 9.17) is 4.74 Å². The number of amides is 1. The van der Waals surface area contributed by atoms with Crippen LogP contribution in [0.15, 0.2) is 37.4 Å². The molecule has 0 atom stereocenters. The first kappa shape index (κ1) is 17.7. The van der Waals surface area contributed by atoms with Crippen molar-refractivity contribution in [3.05, 3.63) is 60.3 Å². The molecule has 2 rings (SSSR count). The van der Waals surface area contributed by atoms with Crippen LogP contribution in [0.2, 0.25) is 0 Å². The molecule has 24 heavy (non-hydrogen) atoms. The van der Waals surface area contributed by atoms with E-state index in [9.17, 15) is 14.4 Å². The Hall–Kier alpha value is -2.68. The van der Waals surface area contributed by atoms with Crippen LogP contribution in [0.3, 0.4) is 0 Å². The maximum Gasteiger partial charge on any atom is 0.325 e. The van der Waals surface area contributed by atoms with Crippen LogP contribution in [-0.4, -0.2) is 29.2 Å². The van der Waals surface area contributed by atoms with Gasteiger partial charge in [-0.1, -0.05) is 15.9 Å². The molecule has 9 heteroatoms. The molecule has 1 heterocycles. The van der Waals surface area contributed by atoms with Gasteiger partial charge in [0, 0.05) is 21.3 Å². The highest BCUT2D eigenvalue weighted by Gasteiger charge is 2.10. The number of carbonyl (C=O) groups excluding carboxylic acids is 1. The van der Waals surface area contributed by atoms with E-state index in [-0.39, 0.29) is 12.0 Å². The Morgan fingerprint density at radius 2 is 2.12 bits per heavy atom. The standard InChI is InChI=1S/C15H15BrN4O4/c1-8-11(14(22)19-15(23)18-8)6-13(21)20-17-7-9-5-10(16)3-4-12(9)24-2/h3-5,7H,6H2,1-2H3,(H,20,21)(H2,18,19,22,23)/b17-7-. The molecule has 0 aliphatic heterocycles. The third-order valence-electron chi connectivity index (χ3n) is 3.18. The molecule has 0 unspecified atom stereocenters. The molecule has 0 saturated heterocycles. The SMILES string of the molecule is COc1ccc(Br)cc1/C=N\NC(=O)Cc1c(C)[nH]c(=O)[nH]c1=O. The van der Waals surface area contributed by atoms with Gasteiger partial charge < -0.3 is 9.72 Å².